The van der Waals surface area contributed by atoms with Gasteiger partial charge in [0.25, 0.3) is 0 Å². The van der Waals surface area contributed by atoms with Crippen molar-refractivity contribution in [1.29, 1.82) is 0 Å². The Balaban J connectivity index is 2.54. The van der Waals surface area contributed by atoms with Crippen LogP contribution in [0.1, 0.15) is 17.3 Å². The highest BCUT2D eigenvalue weighted by Gasteiger charge is 2.22. The zero-order chi connectivity index (χ0) is 13.8. The van der Waals surface area contributed by atoms with Crippen LogP contribution in [0.5, 0.6) is 5.75 Å². The zero-order valence-electron chi connectivity index (χ0n) is 10.2. The molecule has 0 aliphatic carbocycles. The highest BCUT2D eigenvalue weighted by atomic mass is 16.5. The summed E-state index contributed by atoms with van der Waals surface area (Å²) in [4.78, 5) is 22.5. The van der Waals surface area contributed by atoms with E-state index >= 15 is 0 Å². The maximum absolute atomic E-state index is 11.6. The summed E-state index contributed by atoms with van der Waals surface area (Å²) in [5, 5.41) is 12.6. The molecule has 0 saturated carbocycles. The molecule has 6 heteroatoms. The van der Waals surface area contributed by atoms with Crippen LogP contribution in [0.3, 0.4) is 0 Å². The highest BCUT2D eigenvalue weighted by molar-refractivity contribution is 5.94. The fourth-order valence-electron chi connectivity index (χ4n) is 1.72. The molecule has 0 amide bonds. The number of carbonyl (C=O) groups is 1. The third-order valence-corrected chi connectivity index (χ3v) is 2.57. The van der Waals surface area contributed by atoms with Crippen molar-refractivity contribution in [2.45, 2.75) is 6.92 Å². The van der Waals surface area contributed by atoms with Crippen LogP contribution in [0.25, 0.3) is 5.69 Å². The minimum Gasteiger partial charge on any atom is -0.504 e. The molecule has 1 aromatic heterocycles. The lowest BCUT2D eigenvalue weighted by Gasteiger charge is -2.02. The minimum absolute atomic E-state index is 0.0831. The fourth-order valence-corrected chi connectivity index (χ4v) is 1.72. The number of benzene rings is 1. The first-order chi connectivity index (χ1) is 9.19. The first kappa shape index (κ1) is 12.8. The summed E-state index contributed by atoms with van der Waals surface area (Å²) in [7, 11) is 0. The maximum atomic E-state index is 11.6. The Labute approximate surface area is 109 Å². The Morgan fingerprint density at radius 3 is 2.63 bits per heavy atom. The van der Waals surface area contributed by atoms with Gasteiger partial charge in [0.1, 0.15) is 5.56 Å². The number of para-hydroxylation sites is 1. The lowest BCUT2D eigenvalue weighted by molar-refractivity contribution is 0.0523. The molecule has 19 heavy (non-hydrogen) atoms. The van der Waals surface area contributed by atoms with E-state index in [1.165, 1.54) is 10.8 Å². The van der Waals surface area contributed by atoms with Crippen LogP contribution in [-0.2, 0) is 4.74 Å². The minimum atomic E-state index is -0.695. The quantitative estimate of drug-likeness (QED) is 0.677. The number of aromatic hydroxyl groups is 1. The molecule has 0 fully saturated rings. The Morgan fingerprint density at radius 1 is 1.37 bits per heavy atom. The van der Waals surface area contributed by atoms with E-state index in [2.05, 4.69) is 5.18 Å². The van der Waals surface area contributed by atoms with Crippen LogP contribution >= 0.6 is 0 Å². The van der Waals surface area contributed by atoms with Crippen LogP contribution in [-0.4, -0.2) is 22.2 Å². The van der Waals surface area contributed by atoms with Crippen molar-refractivity contribution in [1.82, 2.24) is 4.57 Å². The van der Waals surface area contributed by atoms with Gasteiger partial charge in [-0.05, 0) is 24.2 Å². The number of carbonyl (C=O) groups excluding carboxylic acids is 1. The van der Waals surface area contributed by atoms with Crippen molar-refractivity contribution in [2.75, 3.05) is 6.61 Å². The number of rotatable bonds is 4. The van der Waals surface area contributed by atoms with E-state index in [0.717, 1.165) is 0 Å². The molecule has 2 aromatic rings. The highest BCUT2D eigenvalue weighted by Crippen LogP contribution is 2.35. The molecule has 2 rings (SSSR count). The van der Waals surface area contributed by atoms with Crippen molar-refractivity contribution in [3.05, 3.63) is 47.0 Å². The number of nitroso groups, excluding NO2 is 1. The molecular formula is C13H12N2O4. The Morgan fingerprint density at radius 2 is 2.05 bits per heavy atom. The smallest absolute Gasteiger partial charge is 0.343 e. The lowest BCUT2D eigenvalue weighted by Crippen LogP contribution is -2.03. The summed E-state index contributed by atoms with van der Waals surface area (Å²) < 4.78 is 6.14. The summed E-state index contributed by atoms with van der Waals surface area (Å²) in [5.41, 5.74) is 0.531. The third kappa shape index (κ3) is 2.33. The lowest BCUT2D eigenvalue weighted by atomic mass is 10.3. The standard InChI is InChI=1S/C13H12N2O4/c1-2-19-13(17)10-8-15(12(14-18)11(10)16)9-6-4-3-5-7-9/h3-8,16H,2H2,1H3. The fraction of sp³-hybridized carbons (Fsp3) is 0.154. The normalized spacial score (nSPS) is 10.2. The molecule has 0 aliphatic heterocycles. The molecule has 0 spiro atoms. The van der Waals surface area contributed by atoms with Crippen LogP contribution in [0.4, 0.5) is 5.82 Å². The molecule has 6 nitrogen and oxygen atoms in total. The second kappa shape index (κ2) is 5.34. The molecular weight excluding hydrogens is 248 g/mol. The first-order valence-corrected chi connectivity index (χ1v) is 5.69. The third-order valence-electron chi connectivity index (χ3n) is 2.57. The molecule has 1 heterocycles. The Kier molecular flexibility index (Phi) is 3.61. The number of ether oxygens (including phenoxy) is 1. The summed E-state index contributed by atoms with van der Waals surface area (Å²) in [6.45, 7) is 1.83. The summed E-state index contributed by atoms with van der Waals surface area (Å²) >= 11 is 0. The van der Waals surface area contributed by atoms with Gasteiger partial charge in [-0.3, -0.25) is 4.57 Å². The second-order valence-electron chi connectivity index (χ2n) is 3.73. The number of aromatic nitrogens is 1. The summed E-state index contributed by atoms with van der Waals surface area (Å²) in [6.07, 6.45) is 1.33. The van der Waals surface area contributed by atoms with E-state index in [9.17, 15) is 14.8 Å². The van der Waals surface area contributed by atoms with Crippen molar-refractivity contribution in [2.24, 2.45) is 5.18 Å². The molecule has 1 N–H and O–H groups in total. The average molecular weight is 260 g/mol. The topological polar surface area (TPSA) is 80.9 Å². The van der Waals surface area contributed by atoms with Gasteiger partial charge in [0.05, 0.1) is 6.61 Å². The van der Waals surface area contributed by atoms with Crippen LogP contribution < -0.4 is 0 Å². The predicted octanol–water partition coefficient (Wildman–Crippen LogP) is 2.76. The molecule has 98 valence electrons. The first-order valence-electron chi connectivity index (χ1n) is 5.69. The molecule has 0 atom stereocenters. The van der Waals surface area contributed by atoms with Gasteiger partial charge in [-0.15, -0.1) is 4.91 Å². The van der Waals surface area contributed by atoms with Gasteiger partial charge in [-0.2, -0.15) is 0 Å². The van der Waals surface area contributed by atoms with Crippen molar-refractivity contribution >= 4 is 11.8 Å². The van der Waals surface area contributed by atoms with Gasteiger partial charge in [-0.25, -0.2) is 4.79 Å². The molecule has 0 bridgehead atoms. The monoisotopic (exact) mass is 260 g/mol. The van der Waals surface area contributed by atoms with Crippen LogP contribution in [0.2, 0.25) is 0 Å². The zero-order valence-corrected chi connectivity index (χ0v) is 10.2. The molecule has 0 unspecified atom stereocenters. The Bertz CT molecular complexity index is 605. The number of nitrogens with zero attached hydrogens (tertiary/aromatic N) is 2. The van der Waals surface area contributed by atoms with Gasteiger partial charge in [0.2, 0.25) is 5.82 Å². The molecule has 0 saturated heterocycles. The van der Waals surface area contributed by atoms with Crippen molar-refractivity contribution in [3.63, 3.8) is 0 Å². The van der Waals surface area contributed by atoms with Crippen LogP contribution in [0, 0.1) is 4.91 Å². The van der Waals surface area contributed by atoms with Crippen molar-refractivity contribution in [3.8, 4) is 11.4 Å². The average Bonchev–Trinajstić information content (AvgIpc) is 2.77. The van der Waals surface area contributed by atoms with E-state index in [-0.39, 0.29) is 18.0 Å². The van der Waals surface area contributed by atoms with E-state index in [4.69, 9.17) is 4.74 Å². The van der Waals surface area contributed by atoms with E-state index in [1.54, 1.807) is 31.2 Å². The number of hydrogen-bond acceptors (Lipinski definition) is 5. The van der Waals surface area contributed by atoms with Gasteiger partial charge in [0, 0.05) is 11.9 Å². The number of esters is 1. The van der Waals surface area contributed by atoms with Gasteiger partial charge >= 0.3 is 5.97 Å². The molecule has 0 aliphatic rings. The SMILES string of the molecule is CCOC(=O)c1cn(-c2ccccc2)c(N=O)c1O. The van der Waals surface area contributed by atoms with Gasteiger partial charge in [0.15, 0.2) is 5.75 Å². The molecule has 0 radical (unpaired) electrons. The predicted molar refractivity (Wildman–Crippen MR) is 68.8 cm³/mol. The summed E-state index contributed by atoms with van der Waals surface area (Å²) in [6, 6.07) is 8.80. The van der Waals surface area contributed by atoms with E-state index in [0.29, 0.717) is 5.69 Å². The second-order valence-corrected chi connectivity index (χ2v) is 3.73. The van der Waals surface area contributed by atoms with Gasteiger partial charge in [-0.1, -0.05) is 18.2 Å². The summed E-state index contributed by atoms with van der Waals surface area (Å²) in [5.74, 6) is -1.40. The maximum Gasteiger partial charge on any atom is 0.343 e. The van der Waals surface area contributed by atoms with Crippen LogP contribution in [0.15, 0.2) is 41.7 Å². The van der Waals surface area contributed by atoms with E-state index < -0.39 is 11.7 Å². The van der Waals surface area contributed by atoms with E-state index in [1.807, 2.05) is 6.07 Å². The van der Waals surface area contributed by atoms with Crippen molar-refractivity contribution < 1.29 is 14.6 Å². The number of hydrogen-bond donors (Lipinski definition) is 1. The largest absolute Gasteiger partial charge is 0.504 e. The Hall–Kier alpha value is -2.63. The molecule has 1 aromatic carbocycles. The van der Waals surface area contributed by atoms with Gasteiger partial charge < -0.3 is 9.84 Å².